The average molecular weight is 244 g/mol. The van der Waals surface area contributed by atoms with Crippen LogP contribution < -0.4 is 5.32 Å². The first-order chi connectivity index (χ1) is 7.41. The average Bonchev–Trinajstić information content (AvgIpc) is 2.16. The van der Waals surface area contributed by atoms with Crippen molar-refractivity contribution < 1.29 is 9.18 Å². The number of hydrogen-bond donors (Lipinski definition) is 1. The van der Waals surface area contributed by atoms with Gasteiger partial charge in [0.05, 0.1) is 10.6 Å². The summed E-state index contributed by atoms with van der Waals surface area (Å²) in [5.74, 6) is -0.382. The molecule has 88 valence electrons. The first-order valence-electron chi connectivity index (χ1n) is 5.17. The number of carbonyl (C=O) groups is 1. The molecule has 1 atom stereocenters. The molecule has 0 radical (unpaired) electrons. The van der Waals surface area contributed by atoms with Gasteiger partial charge < -0.3 is 5.32 Å². The number of hydrogen-bond acceptors (Lipinski definition) is 1. The molecular formula is C12H15ClFNO. The van der Waals surface area contributed by atoms with E-state index >= 15 is 0 Å². The monoisotopic (exact) mass is 243 g/mol. The molecule has 2 nitrogen and oxygen atoms in total. The highest BCUT2D eigenvalue weighted by atomic mass is 35.5. The Balaban J connectivity index is 2.81. The molecule has 0 saturated heterocycles. The van der Waals surface area contributed by atoms with E-state index in [1.807, 2.05) is 20.8 Å². The van der Waals surface area contributed by atoms with E-state index in [0.717, 1.165) is 6.07 Å². The first kappa shape index (κ1) is 13.0. The molecule has 0 aliphatic heterocycles. The molecule has 16 heavy (non-hydrogen) atoms. The van der Waals surface area contributed by atoms with Gasteiger partial charge >= 0.3 is 0 Å². The Labute approximate surface area is 99.8 Å². The van der Waals surface area contributed by atoms with Crippen LogP contribution in [0, 0.1) is 11.7 Å². The van der Waals surface area contributed by atoms with E-state index in [1.165, 1.54) is 12.1 Å². The van der Waals surface area contributed by atoms with Crippen molar-refractivity contribution in [3.8, 4) is 0 Å². The maximum Gasteiger partial charge on any atom is 0.253 e. The summed E-state index contributed by atoms with van der Waals surface area (Å²) in [4.78, 5) is 11.8. The van der Waals surface area contributed by atoms with Crippen molar-refractivity contribution in [2.45, 2.75) is 26.8 Å². The minimum Gasteiger partial charge on any atom is -0.349 e. The number of benzene rings is 1. The van der Waals surface area contributed by atoms with Crippen molar-refractivity contribution in [2.24, 2.45) is 5.92 Å². The summed E-state index contributed by atoms with van der Waals surface area (Å²) in [6.45, 7) is 5.94. The van der Waals surface area contributed by atoms with Gasteiger partial charge in [-0.05, 0) is 31.0 Å². The van der Waals surface area contributed by atoms with Gasteiger partial charge in [-0.3, -0.25) is 4.79 Å². The second-order valence-corrected chi connectivity index (χ2v) is 4.54. The highest BCUT2D eigenvalue weighted by Crippen LogP contribution is 2.17. The minimum absolute atomic E-state index is 0.0496. The smallest absolute Gasteiger partial charge is 0.253 e. The molecule has 0 saturated carbocycles. The van der Waals surface area contributed by atoms with Gasteiger partial charge in [-0.1, -0.05) is 25.4 Å². The van der Waals surface area contributed by atoms with E-state index in [0.29, 0.717) is 11.5 Å². The van der Waals surface area contributed by atoms with Crippen molar-refractivity contribution in [1.82, 2.24) is 5.32 Å². The molecule has 0 spiro atoms. The van der Waals surface area contributed by atoms with Crippen molar-refractivity contribution in [3.05, 3.63) is 34.6 Å². The van der Waals surface area contributed by atoms with Gasteiger partial charge in [-0.2, -0.15) is 0 Å². The highest BCUT2D eigenvalue weighted by molar-refractivity contribution is 6.33. The van der Waals surface area contributed by atoms with Gasteiger partial charge in [0.1, 0.15) is 5.82 Å². The Hall–Kier alpha value is -1.09. The standard InChI is InChI=1S/C12H15ClFNO/c1-7(2)8(3)15-12(16)10-5-4-9(14)6-11(10)13/h4-8H,1-3H3,(H,15,16). The van der Waals surface area contributed by atoms with Crippen LogP contribution in [0.2, 0.25) is 5.02 Å². The van der Waals surface area contributed by atoms with Gasteiger partial charge in [-0.25, -0.2) is 4.39 Å². The summed E-state index contributed by atoms with van der Waals surface area (Å²) in [5.41, 5.74) is 0.301. The number of nitrogens with one attached hydrogen (secondary N) is 1. The molecule has 1 aromatic carbocycles. The maximum atomic E-state index is 12.8. The van der Waals surface area contributed by atoms with Crippen molar-refractivity contribution in [1.29, 1.82) is 0 Å². The number of amides is 1. The van der Waals surface area contributed by atoms with E-state index in [4.69, 9.17) is 11.6 Å². The summed E-state index contributed by atoms with van der Waals surface area (Å²) in [7, 11) is 0. The molecule has 1 rings (SSSR count). The lowest BCUT2D eigenvalue weighted by Crippen LogP contribution is -2.36. The minimum atomic E-state index is -0.446. The lowest BCUT2D eigenvalue weighted by atomic mass is 10.1. The van der Waals surface area contributed by atoms with Crippen LogP contribution in [-0.2, 0) is 0 Å². The number of carbonyl (C=O) groups excluding carboxylic acids is 1. The summed E-state index contributed by atoms with van der Waals surface area (Å²) < 4.78 is 12.8. The van der Waals surface area contributed by atoms with Crippen LogP contribution in [0.4, 0.5) is 4.39 Å². The zero-order valence-corrected chi connectivity index (χ0v) is 10.3. The Morgan fingerprint density at radius 1 is 1.38 bits per heavy atom. The zero-order chi connectivity index (χ0) is 12.3. The van der Waals surface area contributed by atoms with E-state index < -0.39 is 5.82 Å². The predicted octanol–water partition coefficient (Wildman–Crippen LogP) is 3.25. The third-order valence-electron chi connectivity index (χ3n) is 2.53. The Kier molecular flexibility index (Phi) is 4.30. The molecule has 1 amide bonds. The fourth-order valence-corrected chi connectivity index (χ4v) is 1.38. The number of halogens is 2. The third-order valence-corrected chi connectivity index (χ3v) is 2.85. The molecule has 0 aliphatic rings. The van der Waals surface area contributed by atoms with Crippen molar-refractivity contribution in [3.63, 3.8) is 0 Å². The van der Waals surface area contributed by atoms with E-state index in [2.05, 4.69) is 5.32 Å². The fraction of sp³-hybridized carbons (Fsp3) is 0.417. The van der Waals surface area contributed by atoms with Gasteiger partial charge in [0.2, 0.25) is 0 Å². The zero-order valence-electron chi connectivity index (χ0n) is 9.55. The summed E-state index contributed by atoms with van der Waals surface area (Å²) in [6.07, 6.45) is 0. The molecule has 1 unspecified atom stereocenters. The van der Waals surface area contributed by atoms with E-state index in [1.54, 1.807) is 0 Å². The Morgan fingerprint density at radius 3 is 2.50 bits per heavy atom. The third kappa shape index (κ3) is 3.20. The maximum absolute atomic E-state index is 12.8. The SMILES string of the molecule is CC(C)C(C)NC(=O)c1ccc(F)cc1Cl. The lowest BCUT2D eigenvalue weighted by molar-refractivity contribution is 0.0930. The van der Waals surface area contributed by atoms with Crippen LogP contribution in [0.3, 0.4) is 0 Å². The van der Waals surface area contributed by atoms with Gasteiger partial charge in [-0.15, -0.1) is 0 Å². The number of rotatable bonds is 3. The van der Waals surface area contributed by atoms with Crippen LogP contribution in [-0.4, -0.2) is 11.9 Å². The van der Waals surface area contributed by atoms with Crippen LogP contribution in [0.5, 0.6) is 0 Å². The quantitative estimate of drug-likeness (QED) is 0.868. The van der Waals surface area contributed by atoms with Crippen LogP contribution in [0.15, 0.2) is 18.2 Å². The molecule has 0 fully saturated rings. The molecule has 4 heteroatoms. The summed E-state index contributed by atoms with van der Waals surface area (Å²) >= 11 is 5.79. The molecule has 0 aliphatic carbocycles. The molecule has 0 bridgehead atoms. The van der Waals surface area contributed by atoms with Crippen molar-refractivity contribution >= 4 is 17.5 Å². The van der Waals surface area contributed by atoms with Crippen LogP contribution in [0.1, 0.15) is 31.1 Å². The molecule has 1 N–H and O–H groups in total. The first-order valence-corrected chi connectivity index (χ1v) is 5.55. The topological polar surface area (TPSA) is 29.1 Å². The Morgan fingerprint density at radius 2 is 2.00 bits per heavy atom. The van der Waals surface area contributed by atoms with E-state index in [-0.39, 0.29) is 17.0 Å². The summed E-state index contributed by atoms with van der Waals surface area (Å²) in [5, 5.41) is 2.94. The lowest BCUT2D eigenvalue weighted by Gasteiger charge is -2.17. The molecule has 1 aromatic rings. The predicted molar refractivity (Wildman–Crippen MR) is 63.2 cm³/mol. The normalized spacial score (nSPS) is 12.6. The second-order valence-electron chi connectivity index (χ2n) is 4.13. The van der Waals surface area contributed by atoms with Crippen LogP contribution >= 0.6 is 11.6 Å². The van der Waals surface area contributed by atoms with Gasteiger partial charge in [0, 0.05) is 6.04 Å². The van der Waals surface area contributed by atoms with E-state index in [9.17, 15) is 9.18 Å². The summed E-state index contributed by atoms with van der Waals surface area (Å²) in [6, 6.07) is 3.80. The van der Waals surface area contributed by atoms with Crippen molar-refractivity contribution in [2.75, 3.05) is 0 Å². The van der Waals surface area contributed by atoms with Gasteiger partial charge in [0.25, 0.3) is 5.91 Å². The largest absolute Gasteiger partial charge is 0.349 e. The molecule has 0 aromatic heterocycles. The van der Waals surface area contributed by atoms with Crippen LogP contribution in [0.25, 0.3) is 0 Å². The molecular weight excluding hydrogens is 229 g/mol. The van der Waals surface area contributed by atoms with Gasteiger partial charge in [0.15, 0.2) is 0 Å². The molecule has 0 heterocycles. The highest BCUT2D eigenvalue weighted by Gasteiger charge is 2.15. The second kappa shape index (κ2) is 5.30. The fourth-order valence-electron chi connectivity index (χ4n) is 1.12. The Bertz CT molecular complexity index is 393.